The molecule has 0 spiro atoms. The monoisotopic (exact) mass is 830 g/mol. The SMILES string of the molecule is C.C.CCCNc1nc(Nc2ccc(C#N)cc2)ncc1C#CCCCN.CCCNc1nc(Nc2ccc(C#N)cc2)ncc1C#CCCCN1C(=O)c2ccccc2C1=O. The van der Waals surface area contributed by atoms with Crippen LogP contribution in [0.2, 0.25) is 0 Å². The molecule has 0 bridgehead atoms. The van der Waals surface area contributed by atoms with Crippen LogP contribution in [0.5, 0.6) is 0 Å². The molecule has 0 aliphatic carbocycles. The van der Waals surface area contributed by atoms with Crippen molar-refractivity contribution < 1.29 is 9.59 Å². The summed E-state index contributed by atoms with van der Waals surface area (Å²) < 4.78 is 0. The number of aromatic nitrogens is 4. The Balaban J connectivity index is 0.000000338. The normalized spacial score (nSPS) is 10.6. The van der Waals surface area contributed by atoms with Gasteiger partial charge in [-0.3, -0.25) is 14.5 Å². The predicted molar refractivity (Wildman–Crippen MR) is 247 cm³/mol. The second-order valence-electron chi connectivity index (χ2n) is 13.3. The van der Waals surface area contributed by atoms with Crippen LogP contribution in [-0.2, 0) is 0 Å². The fraction of sp³-hybridized carbons (Fsp3) is 0.292. The van der Waals surface area contributed by atoms with E-state index in [2.05, 4.69) is 90.9 Å². The fourth-order valence-electron chi connectivity index (χ4n) is 5.61. The first kappa shape index (κ1) is 48.6. The molecule has 318 valence electrons. The minimum absolute atomic E-state index is 0. The van der Waals surface area contributed by atoms with Crippen molar-refractivity contribution in [2.24, 2.45) is 5.73 Å². The fourth-order valence-corrected chi connectivity index (χ4v) is 5.61. The maximum Gasteiger partial charge on any atom is 0.261 e. The molecule has 2 amide bonds. The van der Waals surface area contributed by atoms with Gasteiger partial charge in [0.2, 0.25) is 11.9 Å². The summed E-state index contributed by atoms with van der Waals surface area (Å²) in [6.07, 6.45) is 8.03. The van der Waals surface area contributed by atoms with E-state index in [0.717, 1.165) is 55.7 Å². The van der Waals surface area contributed by atoms with E-state index in [1.165, 1.54) is 4.90 Å². The number of nitriles is 2. The molecule has 3 heterocycles. The highest BCUT2D eigenvalue weighted by molar-refractivity contribution is 6.21. The Kier molecular flexibility index (Phi) is 20.1. The number of amides is 2. The van der Waals surface area contributed by atoms with E-state index >= 15 is 0 Å². The van der Waals surface area contributed by atoms with Gasteiger partial charge in [0, 0.05) is 43.9 Å². The number of unbranched alkanes of at least 4 members (excludes halogenated alkanes) is 2. The van der Waals surface area contributed by atoms with Crippen molar-refractivity contribution in [2.45, 2.75) is 67.2 Å². The number of benzene rings is 3. The zero-order chi connectivity index (χ0) is 42.5. The molecule has 0 unspecified atom stereocenters. The average molecular weight is 831 g/mol. The number of nitrogens with zero attached hydrogens (tertiary/aromatic N) is 7. The third kappa shape index (κ3) is 13.9. The van der Waals surface area contributed by atoms with Gasteiger partial charge < -0.3 is 27.0 Å². The maximum absolute atomic E-state index is 12.5. The summed E-state index contributed by atoms with van der Waals surface area (Å²) in [7, 11) is 0. The van der Waals surface area contributed by atoms with E-state index in [1.54, 1.807) is 73.1 Å². The Bertz CT molecular complexity index is 2430. The molecule has 0 saturated carbocycles. The highest BCUT2D eigenvalue weighted by Crippen LogP contribution is 2.23. The lowest BCUT2D eigenvalue weighted by Gasteiger charge is -2.12. The number of anilines is 6. The summed E-state index contributed by atoms with van der Waals surface area (Å²) in [6.45, 7) is 6.67. The summed E-state index contributed by atoms with van der Waals surface area (Å²) >= 11 is 0. The van der Waals surface area contributed by atoms with Crippen molar-refractivity contribution in [1.29, 1.82) is 10.5 Å². The summed E-state index contributed by atoms with van der Waals surface area (Å²) in [5.41, 5.74) is 10.6. The smallest absolute Gasteiger partial charge is 0.261 e. The minimum Gasteiger partial charge on any atom is -0.369 e. The van der Waals surface area contributed by atoms with Crippen molar-refractivity contribution in [1.82, 2.24) is 24.8 Å². The van der Waals surface area contributed by atoms with Crippen molar-refractivity contribution in [3.8, 4) is 35.8 Å². The van der Waals surface area contributed by atoms with Gasteiger partial charge in [0.15, 0.2) is 0 Å². The molecule has 2 aromatic heterocycles. The van der Waals surface area contributed by atoms with Gasteiger partial charge in [-0.25, -0.2) is 9.97 Å². The molecule has 0 atom stereocenters. The largest absolute Gasteiger partial charge is 0.369 e. The zero-order valence-corrected chi connectivity index (χ0v) is 33.7. The van der Waals surface area contributed by atoms with Crippen LogP contribution in [0.4, 0.5) is 34.9 Å². The topological polar surface area (TPSA) is 211 Å². The molecule has 1 aliphatic heterocycles. The quantitative estimate of drug-likeness (QED) is 0.0381. The van der Waals surface area contributed by atoms with Gasteiger partial charge in [0.1, 0.15) is 11.6 Å². The number of hydrogen-bond donors (Lipinski definition) is 5. The molecule has 6 N–H and O–H groups in total. The molecule has 6 rings (SSSR count). The van der Waals surface area contributed by atoms with E-state index in [1.807, 2.05) is 12.1 Å². The van der Waals surface area contributed by atoms with E-state index in [-0.39, 0.29) is 26.7 Å². The number of hydrogen-bond acceptors (Lipinski definition) is 13. The number of nitrogens with two attached hydrogens (primary N) is 1. The first-order chi connectivity index (χ1) is 29.4. The number of rotatable bonds is 15. The molecule has 62 heavy (non-hydrogen) atoms. The average Bonchev–Trinajstić information content (AvgIpc) is 3.52. The Hall–Kier alpha value is -7.78. The third-order valence-corrected chi connectivity index (χ3v) is 8.72. The Morgan fingerprint density at radius 1 is 0.645 bits per heavy atom. The molecule has 3 aromatic carbocycles. The molecule has 5 aromatic rings. The second kappa shape index (κ2) is 25.6. The van der Waals surface area contributed by atoms with E-state index < -0.39 is 0 Å². The van der Waals surface area contributed by atoms with Gasteiger partial charge >= 0.3 is 0 Å². The molecule has 14 nitrogen and oxygen atoms in total. The summed E-state index contributed by atoms with van der Waals surface area (Å²) in [5.74, 6) is 14.2. The van der Waals surface area contributed by atoms with Crippen molar-refractivity contribution >= 4 is 46.7 Å². The van der Waals surface area contributed by atoms with Crippen LogP contribution >= 0.6 is 0 Å². The highest BCUT2D eigenvalue weighted by atomic mass is 16.2. The number of carbonyl (C=O) groups is 2. The van der Waals surface area contributed by atoms with Crippen LogP contribution in [0.25, 0.3) is 0 Å². The Morgan fingerprint density at radius 2 is 1.08 bits per heavy atom. The van der Waals surface area contributed by atoms with Gasteiger partial charge in [0.25, 0.3) is 11.8 Å². The Morgan fingerprint density at radius 3 is 1.48 bits per heavy atom. The Labute approximate surface area is 365 Å². The number of nitrogens with one attached hydrogen (secondary N) is 4. The predicted octanol–water partition coefficient (Wildman–Crippen LogP) is 8.62. The summed E-state index contributed by atoms with van der Waals surface area (Å²) in [6, 6.07) is 25.2. The molecule has 14 heteroatoms. The number of carbonyl (C=O) groups excluding carboxylic acids is 2. The first-order valence-corrected chi connectivity index (χ1v) is 19.8. The van der Waals surface area contributed by atoms with Crippen molar-refractivity contribution in [2.75, 3.05) is 47.4 Å². The van der Waals surface area contributed by atoms with Crippen LogP contribution < -0.4 is 27.0 Å². The van der Waals surface area contributed by atoms with E-state index in [4.69, 9.17) is 16.3 Å². The van der Waals surface area contributed by atoms with Gasteiger partial charge in [-0.15, -0.1) is 0 Å². The zero-order valence-electron chi connectivity index (χ0n) is 33.7. The summed E-state index contributed by atoms with van der Waals surface area (Å²) in [5, 5.41) is 30.6. The third-order valence-electron chi connectivity index (χ3n) is 8.72. The number of imide groups is 1. The van der Waals surface area contributed by atoms with E-state index in [0.29, 0.717) is 77.3 Å². The first-order valence-electron chi connectivity index (χ1n) is 19.8. The number of fused-ring (bicyclic) bond motifs is 1. The van der Waals surface area contributed by atoms with Crippen molar-refractivity contribution in [3.05, 3.63) is 119 Å². The van der Waals surface area contributed by atoms with Gasteiger partial charge in [0.05, 0.1) is 57.9 Å². The lowest BCUT2D eigenvalue weighted by Crippen LogP contribution is -2.30. The second-order valence-corrected chi connectivity index (χ2v) is 13.3. The molecular formula is C48H54N12O2. The highest BCUT2D eigenvalue weighted by Gasteiger charge is 2.34. The molecule has 0 saturated heterocycles. The summed E-state index contributed by atoms with van der Waals surface area (Å²) in [4.78, 5) is 44.0. The van der Waals surface area contributed by atoms with Crippen LogP contribution in [0.15, 0.2) is 85.2 Å². The van der Waals surface area contributed by atoms with Crippen LogP contribution in [0.1, 0.15) is 110 Å². The molecule has 1 aliphatic rings. The van der Waals surface area contributed by atoms with Gasteiger partial charge in [-0.1, -0.05) is 64.5 Å². The van der Waals surface area contributed by atoms with Crippen molar-refractivity contribution in [3.63, 3.8) is 0 Å². The molecule has 0 radical (unpaired) electrons. The minimum atomic E-state index is -0.247. The molecular weight excluding hydrogens is 777 g/mol. The van der Waals surface area contributed by atoms with Crippen LogP contribution in [0.3, 0.4) is 0 Å². The standard InChI is InChI=1S/C27H24N6O2.C19H22N6.2CH4/c1-2-15-29-24-20(18-30-27(32-24)31-21-13-11-19(17-28)12-14-21)8-4-3-7-16-33-25(34)22-9-5-6-10-23(22)26(33)35;1-2-12-22-18-16(6-4-3-5-11-20)14-23-19(25-18)24-17-9-7-15(13-21)8-10-17;;/h5-6,9-14,18H,2-3,7,15-16H2,1H3,(H2,29,30,31,32);7-10,14H,2-3,5,11-12,20H2,1H3,(H2,22,23,24,25);2*1H4. The van der Waals surface area contributed by atoms with Crippen LogP contribution in [0, 0.1) is 46.3 Å². The lowest BCUT2D eigenvalue weighted by molar-refractivity contribution is 0.0653. The molecule has 0 fully saturated rings. The van der Waals surface area contributed by atoms with Crippen LogP contribution in [-0.4, -0.2) is 62.8 Å². The maximum atomic E-state index is 12.5. The van der Waals surface area contributed by atoms with E-state index in [9.17, 15) is 9.59 Å². The van der Waals surface area contributed by atoms with Gasteiger partial charge in [-0.05, 0) is 92.9 Å². The van der Waals surface area contributed by atoms with Gasteiger partial charge in [-0.2, -0.15) is 20.5 Å². The lowest BCUT2D eigenvalue weighted by atomic mass is 10.1.